The van der Waals surface area contributed by atoms with E-state index >= 15 is 0 Å². The molecule has 0 spiro atoms. The summed E-state index contributed by atoms with van der Waals surface area (Å²) < 4.78 is 5.53. The van der Waals surface area contributed by atoms with Gasteiger partial charge in [-0.05, 0) is 37.8 Å². The van der Waals surface area contributed by atoms with Gasteiger partial charge in [0.25, 0.3) is 5.91 Å². The highest BCUT2D eigenvalue weighted by molar-refractivity contribution is 5.99. The highest BCUT2D eigenvalue weighted by Crippen LogP contribution is 2.31. The Morgan fingerprint density at radius 3 is 2.78 bits per heavy atom. The Morgan fingerprint density at radius 2 is 2.04 bits per heavy atom. The van der Waals surface area contributed by atoms with Crippen LogP contribution in [0.2, 0.25) is 0 Å². The Morgan fingerprint density at radius 1 is 1.22 bits per heavy atom. The van der Waals surface area contributed by atoms with Crippen LogP contribution < -0.4 is 4.90 Å². The van der Waals surface area contributed by atoms with Crippen LogP contribution in [0.4, 0.5) is 5.82 Å². The van der Waals surface area contributed by atoms with E-state index in [0.29, 0.717) is 11.5 Å². The molecule has 0 radical (unpaired) electrons. The smallest absolute Gasteiger partial charge is 0.257 e. The summed E-state index contributed by atoms with van der Waals surface area (Å²) in [6.45, 7) is 7.44. The molecule has 0 bridgehead atoms. The molecule has 1 amide bonds. The van der Waals surface area contributed by atoms with E-state index in [0.717, 1.165) is 63.5 Å². The standard InChI is InChI=1S/C20H27N5O2/c1-14(2)17-22-19(27-23-17)15-7-6-12-25(13-15)18-16(8-5-9-21-18)20(26)24-10-3-4-11-24/h5,8-9,14-15H,3-4,6-7,10-13H2,1-2H3. The minimum atomic E-state index is 0.0950. The molecule has 0 aliphatic carbocycles. The highest BCUT2D eigenvalue weighted by atomic mass is 16.5. The van der Waals surface area contributed by atoms with Gasteiger partial charge < -0.3 is 14.3 Å². The first-order valence-electron chi connectivity index (χ1n) is 9.96. The number of hydrogen-bond acceptors (Lipinski definition) is 6. The van der Waals surface area contributed by atoms with E-state index in [1.807, 2.05) is 17.0 Å². The molecule has 0 aromatic carbocycles. The Hall–Kier alpha value is -2.44. The molecule has 2 fully saturated rings. The van der Waals surface area contributed by atoms with Crippen LogP contribution in [0, 0.1) is 0 Å². The number of anilines is 1. The summed E-state index contributed by atoms with van der Waals surface area (Å²) in [5.74, 6) is 2.76. The Balaban J connectivity index is 1.55. The third kappa shape index (κ3) is 3.68. The SMILES string of the molecule is CC(C)c1noc(C2CCCN(c3ncccc3C(=O)N3CCCC3)C2)n1. The first kappa shape index (κ1) is 17.9. The molecule has 7 heteroatoms. The van der Waals surface area contributed by atoms with Crippen molar-refractivity contribution in [3.63, 3.8) is 0 Å². The molecule has 1 atom stereocenters. The molecule has 144 valence electrons. The van der Waals surface area contributed by atoms with Gasteiger partial charge in [0.1, 0.15) is 5.82 Å². The van der Waals surface area contributed by atoms with Gasteiger partial charge in [0, 0.05) is 38.3 Å². The first-order valence-corrected chi connectivity index (χ1v) is 9.96. The van der Waals surface area contributed by atoms with E-state index in [2.05, 4.69) is 33.9 Å². The number of likely N-dealkylation sites (tertiary alicyclic amines) is 1. The number of carbonyl (C=O) groups is 1. The van der Waals surface area contributed by atoms with Crippen LogP contribution in [0.25, 0.3) is 0 Å². The third-order valence-corrected chi connectivity index (χ3v) is 5.45. The normalized spacial score (nSPS) is 20.5. The van der Waals surface area contributed by atoms with E-state index in [1.165, 1.54) is 0 Å². The van der Waals surface area contributed by atoms with E-state index in [1.54, 1.807) is 6.20 Å². The quantitative estimate of drug-likeness (QED) is 0.824. The van der Waals surface area contributed by atoms with Crippen molar-refractivity contribution in [2.75, 3.05) is 31.1 Å². The van der Waals surface area contributed by atoms with Gasteiger partial charge in [-0.2, -0.15) is 4.98 Å². The summed E-state index contributed by atoms with van der Waals surface area (Å²) >= 11 is 0. The molecule has 2 aromatic heterocycles. The lowest BCUT2D eigenvalue weighted by atomic mass is 9.97. The number of rotatable bonds is 4. The van der Waals surface area contributed by atoms with Crippen molar-refractivity contribution in [2.45, 2.75) is 51.4 Å². The number of carbonyl (C=O) groups excluding carboxylic acids is 1. The summed E-state index contributed by atoms with van der Waals surface area (Å²) in [6.07, 6.45) is 5.96. The minimum absolute atomic E-state index is 0.0950. The van der Waals surface area contributed by atoms with Gasteiger partial charge >= 0.3 is 0 Å². The second kappa shape index (κ2) is 7.66. The number of hydrogen-bond donors (Lipinski definition) is 0. The molecule has 4 heterocycles. The zero-order valence-electron chi connectivity index (χ0n) is 16.1. The van der Waals surface area contributed by atoms with Gasteiger partial charge in [0.2, 0.25) is 5.89 Å². The zero-order valence-corrected chi connectivity index (χ0v) is 16.1. The van der Waals surface area contributed by atoms with Crippen molar-refractivity contribution in [3.8, 4) is 0 Å². The van der Waals surface area contributed by atoms with Crippen molar-refractivity contribution in [3.05, 3.63) is 35.6 Å². The number of aromatic nitrogens is 3. The molecule has 7 nitrogen and oxygen atoms in total. The maximum absolute atomic E-state index is 13.0. The second-order valence-electron chi connectivity index (χ2n) is 7.80. The summed E-state index contributed by atoms with van der Waals surface area (Å²) in [4.78, 5) is 26.3. The van der Waals surface area contributed by atoms with Gasteiger partial charge in [-0.3, -0.25) is 4.79 Å². The summed E-state index contributed by atoms with van der Waals surface area (Å²) in [6, 6.07) is 3.75. The van der Waals surface area contributed by atoms with E-state index < -0.39 is 0 Å². The summed E-state index contributed by atoms with van der Waals surface area (Å²) in [7, 11) is 0. The van der Waals surface area contributed by atoms with Crippen LogP contribution >= 0.6 is 0 Å². The van der Waals surface area contributed by atoms with Gasteiger partial charge in [-0.1, -0.05) is 19.0 Å². The molecule has 2 aromatic rings. The average Bonchev–Trinajstić information content (AvgIpc) is 3.39. The van der Waals surface area contributed by atoms with Crippen LogP contribution in [0.1, 0.15) is 73.4 Å². The lowest BCUT2D eigenvalue weighted by Crippen LogP contribution is -2.37. The molecule has 4 rings (SSSR count). The highest BCUT2D eigenvalue weighted by Gasteiger charge is 2.30. The number of nitrogens with zero attached hydrogens (tertiary/aromatic N) is 5. The fourth-order valence-electron chi connectivity index (χ4n) is 3.93. The molecule has 0 saturated carbocycles. The summed E-state index contributed by atoms with van der Waals surface area (Å²) in [5, 5.41) is 4.11. The van der Waals surface area contributed by atoms with E-state index in [9.17, 15) is 4.79 Å². The van der Waals surface area contributed by atoms with Crippen molar-refractivity contribution < 1.29 is 9.32 Å². The van der Waals surface area contributed by atoms with Crippen molar-refractivity contribution >= 4 is 11.7 Å². The maximum Gasteiger partial charge on any atom is 0.257 e. The lowest BCUT2D eigenvalue weighted by Gasteiger charge is -2.33. The fraction of sp³-hybridized carbons (Fsp3) is 0.600. The van der Waals surface area contributed by atoms with Gasteiger partial charge in [-0.15, -0.1) is 0 Å². The molecule has 2 saturated heterocycles. The van der Waals surface area contributed by atoms with Crippen molar-refractivity contribution in [1.29, 1.82) is 0 Å². The topological polar surface area (TPSA) is 75.4 Å². The number of pyridine rings is 1. The van der Waals surface area contributed by atoms with Gasteiger partial charge in [-0.25, -0.2) is 4.98 Å². The number of piperidine rings is 1. The molecule has 2 aliphatic rings. The molecule has 1 unspecified atom stereocenters. The summed E-state index contributed by atoms with van der Waals surface area (Å²) in [5.41, 5.74) is 0.702. The van der Waals surface area contributed by atoms with Crippen LogP contribution in [0.5, 0.6) is 0 Å². The molecule has 2 aliphatic heterocycles. The lowest BCUT2D eigenvalue weighted by molar-refractivity contribution is 0.0793. The number of amides is 1. The maximum atomic E-state index is 13.0. The molecule has 0 N–H and O–H groups in total. The van der Waals surface area contributed by atoms with Crippen molar-refractivity contribution in [2.24, 2.45) is 0 Å². The van der Waals surface area contributed by atoms with Gasteiger partial charge in [0.15, 0.2) is 5.82 Å². The predicted molar refractivity (Wildman–Crippen MR) is 102 cm³/mol. The van der Waals surface area contributed by atoms with Crippen molar-refractivity contribution in [1.82, 2.24) is 20.0 Å². The van der Waals surface area contributed by atoms with Crippen LogP contribution in [-0.2, 0) is 0 Å². The zero-order chi connectivity index (χ0) is 18.8. The van der Waals surface area contributed by atoms with Crippen LogP contribution in [0.3, 0.4) is 0 Å². The molecular weight excluding hydrogens is 342 g/mol. The molecular formula is C20H27N5O2. The van der Waals surface area contributed by atoms with E-state index in [-0.39, 0.29) is 17.7 Å². The second-order valence-corrected chi connectivity index (χ2v) is 7.80. The largest absolute Gasteiger partial charge is 0.355 e. The fourth-order valence-corrected chi connectivity index (χ4v) is 3.93. The predicted octanol–water partition coefficient (Wildman–Crippen LogP) is 3.21. The average molecular weight is 369 g/mol. The van der Waals surface area contributed by atoms with Crippen LogP contribution in [0.15, 0.2) is 22.9 Å². The minimum Gasteiger partial charge on any atom is -0.355 e. The van der Waals surface area contributed by atoms with E-state index in [4.69, 9.17) is 4.52 Å². The third-order valence-electron chi connectivity index (χ3n) is 5.45. The Kier molecular flexibility index (Phi) is 5.09. The Bertz CT molecular complexity index is 797. The van der Waals surface area contributed by atoms with Crippen LogP contribution in [-0.4, -0.2) is 52.1 Å². The monoisotopic (exact) mass is 369 g/mol. The Labute approximate surface area is 159 Å². The first-order chi connectivity index (χ1) is 13.1. The van der Waals surface area contributed by atoms with Gasteiger partial charge in [0.05, 0.1) is 11.5 Å². The molecule has 27 heavy (non-hydrogen) atoms.